The smallest absolute Gasteiger partial charge is 0.258 e. The van der Waals surface area contributed by atoms with Crippen molar-refractivity contribution >= 4 is 43.5 Å². The predicted molar refractivity (Wildman–Crippen MR) is 82.7 cm³/mol. The molecule has 0 unspecified atom stereocenters. The summed E-state index contributed by atoms with van der Waals surface area (Å²) in [6.45, 7) is 0. The molecule has 1 amide bonds. The molecular formula is C14H9Br2F2NO2. The van der Waals surface area contributed by atoms with Crippen LogP contribution in [-0.2, 0) is 0 Å². The van der Waals surface area contributed by atoms with E-state index in [0.29, 0.717) is 15.9 Å². The lowest BCUT2D eigenvalue weighted by molar-refractivity contribution is 0.102. The van der Waals surface area contributed by atoms with Gasteiger partial charge in [-0.3, -0.25) is 4.79 Å². The average molecular weight is 421 g/mol. The Bertz CT molecular complexity index is 708. The Hall–Kier alpha value is -1.47. The van der Waals surface area contributed by atoms with Crippen molar-refractivity contribution in [2.75, 3.05) is 12.4 Å². The van der Waals surface area contributed by atoms with Crippen molar-refractivity contribution in [2.45, 2.75) is 0 Å². The van der Waals surface area contributed by atoms with Gasteiger partial charge in [0.05, 0.1) is 21.6 Å². The number of nitrogens with one attached hydrogen (secondary N) is 1. The molecule has 0 aliphatic carbocycles. The zero-order valence-electron chi connectivity index (χ0n) is 10.7. The maximum atomic E-state index is 13.7. The van der Waals surface area contributed by atoms with Gasteiger partial charge in [-0.05, 0) is 56.1 Å². The van der Waals surface area contributed by atoms with Crippen molar-refractivity contribution in [3.8, 4) is 5.75 Å². The summed E-state index contributed by atoms with van der Waals surface area (Å²) in [7, 11) is 1.48. The van der Waals surface area contributed by atoms with Crippen LogP contribution in [0.4, 0.5) is 14.5 Å². The molecule has 0 aromatic heterocycles. The molecule has 0 saturated heterocycles. The molecule has 110 valence electrons. The van der Waals surface area contributed by atoms with Crippen molar-refractivity contribution in [1.82, 2.24) is 0 Å². The van der Waals surface area contributed by atoms with Crippen molar-refractivity contribution < 1.29 is 18.3 Å². The van der Waals surface area contributed by atoms with Gasteiger partial charge in [-0.15, -0.1) is 0 Å². The minimum Gasteiger partial charge on any atom is -0.495 e. The highest BCUT2D eigenvalue weighted by molar-refractivity contribution is 9.10. The molecule has 0 radical (unpaired) electrons. The van der Waals surface area contributed by atoms with Crippen molar-refractivity contribution in [1.29, 1.82) is 0 Å². The third-order valence-corrected chi connectivity index (χ3v) is 3.96. The first-order valence-electron chi connectivity index (χ1n) is 5.72. The molecule has 0 fully saturated rings. The molecule has 0 aliphatic rings. The van der Waals surface area contributed by atoms with Gasteiger partial charge in [0.1, 0.15) is 5.75 Å². The zero-order valence-corrected chi connectivity index (χ0v) is 13.9. The molecule has 2 aromatic rings. The van der Waals surface area contributed by atoms with Crippen LogP contribution in [0.25, 0.3) is 0 Å². The minimum atomic E-state index is -1.20. The number of hydrogen-bond donors (Lipinski definition) is 1. The summed E-state index contributed by atoms with van der Waals surface area (Å²) < 4.78 is 32.9. The van der Waals surface area contributed by atoms with E-state index in [1.54, 1.807) is 18.2 Å². The Morgan fingerprint density at radius 2 is 1.76 bits per heavy atom. The summed E-state index contributed by atoms with van der Waals surface area (Å²) in [6.07, 6.45) is 0. The molecule has 0 spiro atoms. The first kappa shape index (κ1) is 15.9. The van der Waals surface area contributed by atoms with Crippen LogP contribution in [0.1, 0.15) is 10.4 Å². The highest BCUT2D eigenvalue weighted by Crippen LogP contribution is 2.28. The average Bonchev–Trinajstić information content (AvgIpc) is 2.46. The van der Waals surface area contributed by atoms with Crippen LogP contribution in [0.3, 0.4) is 0 Å². The summed E-state index contributed by atoms with van der Waals surface area (Å²) in [5, 5.41) is 2.49. The maximum absolute atomic E-state index is 13.7. The summed E-state index contributed by atoms with van der Waals surface area (Å²) in [5.74, 6) is -2.54. The lowest BCUT2D eigenvalue weighted by Crippen LogP contribution is -2.14. The quantitative estimate of drug-likeness (QED) is 0.727. The monoisotopic (exact) mass is 419 g/mol. The summed E-state index contributed by atoms with van der Waals surface area (Å²) in [4.78, 5) is 12.0. The van der Waals surface area contributed by atoms with Gasteiger partial charge < -0.3 is 10.1 Å². The van der Waals surface area contributed by atoms with Gasteiger partial charge in [0.25, 0.3) is 5.91 Å². The van der Waals surface area contributed by atoms with Gasteiger partial charge in [0.2, 0.25) is 0 Å². The molecule has 0 aliphatic heterocycles. The fraction of sp³-hybridized carbons (Fsp3) is 0.0714. The van der Waals surface area contributed by atoms with E-state index in [9.17, 15) is 13.6 Å². The van der Waals surface area contributed by atoms with Crippen LogP contribution in [0.2, 0.25) is 0 Å². The van der Waals surface area contributed by atoms with E-state index in [1.165, 1.54) is 19.2 Å². The zero-order chi connectivity index (χ0) is 15.6. The van der Waals surface area contributed by atoms with E-state index in [-0.39, 0.29) is 10.0 Å². The molecule has 7 heteroatoms. The third kappa shape index (κ3) is 3.41. The molecule has 0 heterocycles. The molecule has 21 heavy (non-hydrogen) atoms. The lowest BCUT2D eigenvalue weighted by atomic mass is 10.2. The highest BCUT2D eigenvalue weighted by Gasteiger charge is 2.18. The number of rotatable bonds is 3. The van der Waals surface area contributed by atoms with Crippen molar-refractivity contribution in [3.63, 3.8) is 0 Å². The number of amides is 1. The number of anilines is 1. The molecule has 2 aromatic carbocycles. The van der Waals surface area contributed by atoms with E-state index in [0.717, 1.165) is 0 Å². The third-order valence-electron chi connectivity index (χ3n) is 2.69. The van der Waals surface area contributed by atoms with Crippen LogP contribution in [0, 0.1) is 11.6 Å². The molecule has 0 saturated carbocycles. The van der Waals surface area contributed by atoms with E-state index in [4.69, 9.17) is 4.74 Å². The van der Waals surface area contributed by atoms with Crippen LogP contribution < -0.4 is 10.1 Å². The maximum Gasteiger partial charge on any atom is 0.258 e. The number of methoxy groups -OCH3 is 1. The molecule has 1 N–H and O–H groups in total. The largest absolute Gasteiger partial charge is 0.495 e. The fourth-order valence-electron chi connectivity index (χ4n) is 1.64. The van der Waals surface area contributed by atoms with Gasteiger partial charge in [-0.2, -0.15) is 0 Å². The number of carbonyl (C=O) groups is 1. The van der Waals surface area contributed by atoms with Gasteiger partial charge in [0, 0.05) is 11.8 Å². The van der Waals surface area contributed by atoms with E-state index in [2.05, 4.69) is 37.2 Å². The second-order valence-electron chi connectivity index (χ2n) is 4.03. The second-order valence-corrected chi connectivity index (χ2v) is 5.74. The Labute approximate surface area is 136 Å². The summed E-state index contributed by atoms with van der Waals surface area (Å²) in [6, 6.07) is 7.32. The van der Waals surface area contributed by atoms with Crippen LogP contribution in [0.5, 0.6) is 5.75 Å². The standard InChI is InChI=1S/C14H9Br2F2NO2/c1-21-11-6-7(2-4-9(11)15)19-14(20)8-3-5-10(16)13(18)12(8)17/h2-6H,1H3,(H,19,20). The van der Waals surface area contributed by atoms with Crippen LogP contribution >= 0.6 is 31.9 Å². The minimum absolute atomic E-state index is 0.0399. The normalized spacial score (nSPS) is 10.3. The van der Waals surface area contributed by atoms with Gasteiger partial charge in [-0.1, -0.05) is 0 Å². The van der Waals surface area contributed by atoms with E-state index < -0.39 is 17.5 Å². The molecular weight excluding hydrogens is 412 g/mol. The van der Waals surface area contributed by atoms with Crippen LogP contribution in [0.15, 0.2) is 39.3 Å². The number of carbonyl (C=O) groups excluding carboxylic acids is 1. The predicted octanol–water partition coefficient (Wildman–Crippen LogP) is 4.75. The van der Waals surface area contributed by atoms with Crippen molar-refractivity contribution in [3.05, 3.63) is 56.5 Å². The van der Waals surface area contributed by atoms with Gasteiger partial charge in [-0.25, -0.2) is 8.78 Å². The molecule has 3 nitrogen and oxygen atoms in total. The SMILES string of the molecule is COc1cc(NC(=O)c2ccc(Br)c(F)c2F)ccc1Br. The van der Waals surface area contributed by atoms with Crippen LogP contribution in [-0.4, -0.2) is 13.0 Å². The Balaban J connectivity index is 2.28. The molecule has 2 rings (SSSR count). The first-order valence-corrected chi connectivity index (χ1v) is 7.31. The van der Waals surface area contributed by atoms with Gasteiger partial charge >= 0.3 is 0 Å². The fourth-order valence-corrected chi connectivity index (χ4v) is 2.35. The van der Waals surface area contributed by atoms with Gasteiger partial charge in [0.15, 0.2) is 11.6 Å². The van der Waals surface area contributed by atoms with Crippen molar-refractivity contribution in [2.24, 2.45) is 0 Å². The lowest BCUT2D eigenvalue weighted by Gasteiger charge is -2.09. The number of benzene rings is 2. The molecule has 0 bridgehead atoms. The van der Waals surface area contributed by atoms with E-state index in [1.807, 2.05) is 0 Å². The highest BCUT2D eigenvalue weighted by atomic mass is 79.9. The number of halogens is 4. The second kappa shape index (κ2) is 6.53. The topological polar surface area (TPSA) is 38.3 Å². The first-order chi connectivity index (χ1) is 9.93. The molecule has 0 atom stereocenters. The Morgan fingerprint density at radius 3 is 2.43 bits per heavy atom. The Morgan fingerprint density at radius 1 is 1.10 bits per heavy atom. The number of ether oxygens (including phenoxy) is 1. The summed E-state index contributed by atoms with van der Waals surface area (Å²) >= 11 is 6.13. The van der Waals surface area contributed by atoms with E-state index >= 15 is 0 Å². The number of hydrogen-bond acceptors (Lipinski definition) is 2. The summed E-state index contributed by atoms with van der Waals surface area (Å²) in [5.41, 5.74) is 0.0281. The Kier molecular flexibility index (Phi) is 4.95.